The Morgan fingerprint density at radius 2 is 1.50 bits per heavy atom. The molecule has 1 radical (unpaired) electrons. The van der Waals surface area contributed by atoms with Gasteiger partial charge >= 0.3 is 0 Å². The molecule has 0 bridgehead atoms. The molecule has 77 valence electrons. The topological polar surface area (TPSA) is 12.9 Å². The smallest absolute Gasteiger partial charge is 0.0267 e. The van der Waals surface area contributed by atoms with Gasteiger partial charge in [-0.2, -0.15) is 0 Å². The van der Waals surface area contributed by atoms with Crippen molar-refractivity contribution in [3.05, 3.63) is 79.1 Å². The molecule has 1 nitrogen and oxygen atoms in total. The van der Waals surface area contributed by atoms with Crippen molar-refractivity contribution in [2.75, 3.05) is 0 Å². The number of fused-ring (bicyclic) bond motifs is 1. The molecule has 3 aromatic rings. The Morgan fingerprint density at radius 1 is 0.750 bits per heavy atom. The van der Waals surface area contributed by atoms with E-state index < -0.39 is 0 Å². The first-order valence-corrected chi connectivity index (χ1v) is 5.17. The van der Waals surface area contributed by atoms with Crippen LogP contribution in [-0.4, -0.2) is 4.98 Å². The first-order valence-electron chi connectivity index (χ1n) is 5.17. The maximum Gasteiger partial charge on any atom is 0.0267 e. The van der Waals surface area contributed by atoms with Gasteiger partial charge in [-0.15, -0.1) is 0 Å². The molecule has 0 spiro atoms. The third-order valence-corrected chi connectivity index (χ3v) is 2.14. The maximum absolute atomic E-state index is 3.78. The van der Waals surface area contributed by atoms with Gasteiger partial charge in [0.25, 0.3) is 0 Å². The zero-order valence-corrected chi connectivity index (χ0v) is 8.88. The molecule has 0 aliphatic carbocycles. The lowest BCUT2D eigenvalue weighted by atomic mass is 10.1. The average Bonchev–Trinajstić information content (AvgIpc) is 2.42. The van der Waals surface area contributed by atoms with E-state index in [1.807, 2.05) is 42.5 Å². The Hall–Kier alpha value is -2.15. The fraction of sp³-hybridized carbons (Fsp3) is 0. The van der Waals surface area contributed by atoms with E-state index >= 15 is 0 Å². The van der Waals surface area contributed by atoms with Crippen molar-refractivity contribution < 1.29 is 0 Å². The molecule has 0 fully saturated rings. The Kier molecular flexibility index (Phi) is 3.67. The van der Waals surface area contributed by atoms with Gasteiger partial charge in [-0.1, -0.05) is 48.5 Å². The van der Waals surface area contributed by atoms with Crippen LogP contribution in [0.2, 0.25) is 0 Å². The number of hydrogen-bond acceptors (Lipinski definition) is 1. The van der Waals surface area contributed by atoms with Gasteiger partial charge in [0.1, 0.15) is 0 Å². The van der Waals surface area contributed by atoms with Gasteiger partial charge in [0, 0.05) is 12.4 Å². The van der Waals surface area contributed by atoms with Gasteiger partial charge in [-0.3, -0.25) is 4.98 Å². The molecule has 0 amide bonds. The largest absolute Gasteiger partial charge is 0.265 e. The van der Waals surface area contributed by atoms with Crippen LogP contribution in [0, 0.1) is 6.07 Å². The van der Waals surface area contributed by atoms with Crippen molar-refractivity contribution in [1.29, 1.82) is 0 Å². The van der Waals surface area contributed by atoms with E-state index in [9.17, 15) is 0 Å². The molecule has 3 rings (SSSR count). The summed E-state index contributed by atoms with van der Waals surface area (Å²) in [5.74, 6) is 0. The van der Waals surface area contributed by atoms with Gasteiger partial charge in [0.2, 0.25) is 0 Å². The van der Waals surface area contributed by atoms with Crippen LogP contribution in [0.15, 0.2) is 73.1 Å². The standard InChI is InChI=1S/C10H7.C5H5N/c1-2-6-10-8-4-3-7-9(10)5-1;1-2-4-6-5-3-1/h1-7H;1-5H. The Labute approximate surface area is 95.4 Å². The molecule has 0 saturated carbocycles. The summed E-state index contributed by atoms with van der Waals surface area (Å²) < 4.78 is 0. The Balaban J connectivity index is 0.000000138. The molecule has 2 aromatic carbocycles. The molecule has 0 aliphatic heterocycles. The SMILES string of the molecule is [c]1cccc2ccccc12.c1ccncc1. The summed E-state index contributed by atoms with van der Waals surface area (Å²) in [5.41, 5.74) is 0. The van der Waals surface area contributed by atoms with E-state index in [4.69, 9.17) is 0 Å². The fourth-order valence-corrected chi connectivity index (χ4v) is 1.38. The van der Waals surface area contributed by atoms with Crippen LogP contribution in [0.1, 0.15) is 0 Å². The molecule has 0 unspecified atom stereocenters. The van der Waals surface area contributed by atoms with Crippen molar-refractivity contribution in [3.8, 4) is 0 Å². The lowest BCUT2D eigenvalue weighted by Crippen LogP contribution is -1.67. The number of pyridine rings is 1. The average molecular weight is 206 g/mol. The van der Waals surface area contributed by atoms with Gasteiger partial charge in [0.05, 0.1) is 0 Å². The highest BCUT2D eigenvalue weighted by Crippen LogP contribution is 2.10. The molecular formula is C15H12N. The number of hydrogen-bond donors (Lipinski definition) is 0. The number of rotatable bonds is 0. The predicted molar refractivity (Wildman–Crippen MR) is 67.0 cm³/mol. The Morgan fingerprint density at radius 3 is 2.12 bits per heavy atom. The zero-order chi connectivity index (χ0) is 11.1. The van der Waals surface area contributed by atoms with Gasteiger partial charge in [0.15, 0.2) is 0 Å². The van der Waals surface area contributed by atoms with Crippen molar-refractivity contribution in [3.63, 3.8) is 0 Å². The first kappa shape index (κ1) is 10.4. The van der Waals surface area contributed by atoms with Gasteiger partial charge in [-0.05, 0) is 29.0 Å². The highest BCUT2D eigenvalue weighted by atomic mass is 14.6. The molecule has 1 aromatic heterocycles. The predicted octanol–water partition coefficient (Wildman–Crippen LogP) is 3.72. The molecule has 0 atom stereocenters. The van der Waals surface area contributed by atoms with Crippen molar-refractivity contribution >= 4 is 10.8 Å². The zero-order valence-electron chi connectivity index (χ0n) is 8.88. The van der Waals surface area contributed by atoms with Crippen molar-refractivity contribution in [2.45, 2.75) is 0 Å². The van der Waals surface area contributed by atoms with Gasteiger partial charge < -0.3 is 0 Å². The van der Waals surface area contributed by atoms with E-state index in [0.717, 1.165) is 0 Å². The summed E-state index contributed by atoms with van der Waals surface area (Å²) in [4.78, 5) is 3.78. The summed E-state index contributed by atoms with van der Waals surface area (Å²) in [6.07, 6.45) is 3.50. The van der Waals surface area contributed by atoms with Crippen LogP contribution in [0.3, 0.4) is 0 Å². The minimum absolute atomic E-state index is 1.19. The highest BCUT2D eigenvalue weighted by molar-refractivity contribution is 5.81. The molecule has 16 heavy (non-hydrogen) atoms. The van der Waals surface area contributed by atoms with Crippen LogP contribution in [0.5, 0.6) is 0 Å². The van der Waals surface area contributed by atoms with E-state index in [-0.39, 0.29) is 0 Å². The van der Waals surface area contributed by atoms with Crippen LogP contribution in [-0.2, 0) is 0 Å². The number of aromatic nitrogens is 1. The van der Waals surface area contributed by atoms with Crippen LogP contribution >= 0.6 is 0 Å². The third-order valence-electron chi connectivity index (χ3n) is 2.14. The third kappa shape index (κ3) is 2.92. The summed E-state index contributed by atoms with van der Waals surface area (Å²) in [7, 11) is 0. The fourth-order valence-electron chi connectivity index (χ4n) is 1.38. The van der Waals surface area contributed by atoms with E-state index in [0.29, 0.717) is 0 Å². The highest BCUT2D eigenvalue weighted by Gasteiger charge is 1.85. The quantitative estimate of drug-likeness (QED) is 0.546. The van der Waals surface area contributed by atoms with Crippen molar-refractivity contribution in [1.82, 2.24) is 4.98 Å². The summed E-state index contributed by atoms with van der Waals surface area (Å²) >= 11 is 0. The first-order chi connectivity index (χ1) is 7.97. The lowest BCUT2D eigenvalue weighted by Gasteiger charge is -1.91. The molecule has 0 N–H and O–H groups in total. The summed E-state index contributed by atoms with van der Waals surface area (Å²) in [5, 5.41) is 2.44. The lowest BCUT2D eigenvalue weighted by molar-refractivity contribution is 1.33. The minimum atomic E-state index is 1.19. The van der Waals surface area contributed by atoms with Crippen LogP contribution in [0.25, 0.3) is 10.8 Å². The van der Waals surface area contributed by atoms with Crippen molar-refractivity contribution in [2.24, 2.45) is 0 Å². The number of benzene rings is 2. The molecule has 1 heteroatoms. The normalized spacial score (nSPS) is 9.25. The molecule has 1 heterocycles. The van der Waals surface area contributed by atoms with Crippen LogP contribution < -0.4 is 0 Å². The molecular weight excluding hydrogens is 194 g/mol. The molecule has 0 aliphatic rings. The second kappa shape index (κ2) is 5.66. The maximum atomic E-state index is 3.78. The number of nitrogens with zero attached hydrogens (tertiary/aromatic N) is 1. The molecule has 0 saturated heterocycles. The van der Waals surface area contributed by atoms with Gasteiger partial charge in [-0.25, -0.2) is 0 Å². The van der Waals surface area contributed by atoms with E-state index in [1.165, 1.54) is 10.8 Å². The second-order valence-electron chi connectivity index (χ2n) is 3.28. The minimum Gasteiger partial charge on any atom is -0.265 e. The summed E-state index contributed by atoms with van der Waals surface area (Å²) in [6.45, 7) is 0. The second-order valence-corrected chi connectivity index (χ2v) is 3.28. The summed E-state index contributed by atoms with van der Waals surface area (Å²) in [6, 6.07) is 23.1. The van der Waals surface area contributed by atoms with Crippen LogP contribution in [0.4, 0.5) is 0 Å². The van der Waals surface area contributed by atoms with E-state index in [1.54, 1.807) is 12.4 Å². The monoisotopic (exact) mass is 206 g/mol. The van der Waals surface area contributed by atoms with E-state index in [2.05, 4.69) is 29.2 Å². The Bertz CT molecular complexity index is 440.